The number of nitrogens with one attached hydrogen (secondary N) is 1. The zero-order valence-electron chi connectivity index (χ0n) is 11.3. The molecule has 1 N–H and O–H groups in total. The highest BCUT2D eigenvalue weighted by Gasteiger charge is 2.07. The van der Waals surface area contributed by atoms with Gasteiger partial charge in [0.05, 0.1) is 0 Å². The molecule has 0 aliphatic heterocycles. The van der Waals surface area contributed by atoms with E-state index in [0.29, 0.717) is 13.2 Å². The summed E-state index contributed by atoms with van der Waals surface area (Å²) < 4.78 is 10.9. The Kier molecular flexibility index (Phi) is 7.09. The first-order chi connectivity index (χ1) is 8.67. The first-order valence-electron chi connectivity index (χ1n) is 6.40. The van der Waals surface area contributed by atoms with Crippen LogP contribution in [-0.2, 0) is 9.47 Å². The zero-order valence-corrected chi connectivity index (χ0v) is 12.1. The molecule has 1 rings (SSSR count). The van der Waals surface area contributed by atoms with Crippen LogP contribution in [0, 0.1) is 6.92 Å². The Bertz CT molecular complexity index is 352. The lowest BCUT2D eigenvalue weighted by Crippen LogP contribution is -2.21. The third-order valence-corrected chi connectivity index (χ3v) is 2.99. The second-order valence-electron chi connectivity index (χ2n) is 4.02. The van der Waals surface area contributed by atoms with E-state index in [-0.39, 0.29) is 6.29 Å². The van der Waals surface area contributed by atoms with Crippen molar-refractivity contribution in [3.8, 4) is 0 Å². The first kappa shape index (κ1) is 15.3. The van der Waals surface area contributed by atoms with Gasteiger partial charge in [0.25, 0.3) is 0 Å². The number of ether oxygens (including phenoxy) is 2. The van der Waals surface area contributed by atoms with Gasteiger partial charge >= 0.3 is 0 Å². The predicted molar refractivity (Wildman–Crippen MR) is 76.3 cm³/mol. The molecule has 0 unspecified atom stereocenters. The normalized spacial score (nSPS) is 10.9. The van der Waals surface area contributed by atoms with Crippen LogP contribution in [0.25, 0.3) is 0 Å². The number of hydrogen-bond acceptors (Lipinski definition) is 3. The second kappa shape index (κ2) is 8.35. The molecule has 0 bridgehead atoms. The highest BCUT2D eigenvalue weighted by Crippen LogP contribution is 2.19. The molecule has 0 saturated heterocycles. The molecule has 0 saturated carbocycles. The van der Waals surface area contributed by atoms with Crippen LogP contribution in [0.15, 0.2) is 18.2 Å². The molecule has 4 heteroatoms. The molecule has 18 heavy (non-hydrogen) atoms. The van der Waals surface area contributed by atoms with Crippen LogP contribution in [0.5, 0.6) is 0 Å². The van der Waals surface area contributed by atoms with E-state index in [1.807, 2.05) is 39.0 Å². The van der Waals surface area contributed by atoms with E-state index in [9.17, 15) is 0 Å². The van der Waals surface area contributed by atoms with E-state index in [1.54, 1.807) is 0 Å². The number of benzene rings is 1. The van der Waals surface area contributed by atoms with Crippen molar-refractivity contribution in [1.82, 2.24) is 0 Å². The van der Waals surface area contributed by atoms with Crippen molar-refractivity contribution in [3.63, 3.8) is 0 Å². The molecule has 0 spiro atoms. The minimum atomic E-state index is -0.131. The van der Waals surface area contributed by atoms with Gasteiger partial charge < -0.3 is 14.8 Å². The summed E-state index contributed by atoms with van der Waals surface area (Å²) in [6, 6.07) is 5.97. The average Bonchev–Trinajstić information content (AvgIpc) is 2.34. The SMILES string of the molecule is CCOC(CCNc1ccc(C)c(Cl)c1)OCC. The molecule has 0 aliphatic carbocycles. The van der Waals surface area contributed by atoms with Crippen LogP contribution < -0.4 is 5.32 Å². The number of hydrogen-bond donors (Lipinski definition) is 1. The molecular weight excluding hydrogens is 250 g/mol. The lowest BCUT2D eigenvalue weighted by molar-refractivity contribution is -0.137. The van der Waals surface area contributed by atoms with Crippen molar-refractivity contribution >= 4 is 17.3 Å². The van der Waals surface area contributed by atoms with Crippen molar-refractivity contribution in [2.24, 2.45) is 0 Å². The van der Waals surface area contributed by atoms with E-state index in [0.717, 1.165) is 29.2 Å². The Balaban J connectivity index is 2.37. The number of rotatable bonds is 8. The van der Waals surface area contributed by atoms with Crippen molar-refractivity contribution in [2.45, 2.75) is 33.5 Å². The molecule has 0 radical (unpaired) electrons. The molecule has 102 valence electrons. The molecular formula is C14H22ClNO2. The summed E-state index contributed by atoms with van der Waals surface area (Å²) in [5, 5.41) is 4.10. The highest BCUT2D eigenvalue weighted by molar-refractivity contribution is 6.31. The van der Waals surface area contributed by atoms with E-state index < -0.39 is 0 Å². The van der Waals surface area contributed by atoms with Gasteiger partial charge in [0, 0.05) is 36.9 Å². The summed E-state index contributed by atoms with van der Waals surface area (Å²) in [6.45, 7) is 8.07. The lowest BCUT2D eigenvalue weighted by Gasteiger charge is -2.17. The van der Waals surface area contributed by atoms with Crippen LogP contribution in [0.2, 0.25) is 5.02 Å². The Labute approximate surface area is 114 Å². The lowest BCUT2D eigenvalue weighted by atomic mass is 10.2. The van der Waals surface area contributed by atoms with Gasteiger partial charge in [-0.3, -0.25) is 0 Å². The Hall–Kier alpha value is -0.770. The smallest absolute Gasteiger partial charge is 0.159 e. The maximum Gasteiger partial charge on any atom is 0.159 e. The molecule has 1 aromatic carbocycles. The van der Waals surface area contributed by atoms with Crippen molar-refractivity contribution in [3.05, 3.63) is 28.8 Å². The van der Waals surface area contributed by atoms with Gasteiger partial charge in [0.2, 0.25) is 0 Å². The van der Waals surface area contributed by atoms with Crippen LogP contribution in [0.3, 0.4) is 0 Å². The molecule has 0 amide bonds. The first-order valence-corrected chi connectivity index (χ1v) is 6.78. The Morgan fingerprint density at radius 3 is 2.44 bits per heavy atom. The molecule has 3 nitrogen and oxygen atoms in total. The molecule has 0 aromatic heterocycles. The van der Waals surface area contributed by atoms with Crippen molar-refractivity contribution < 1.29 is 9.47 Å². The van der Waals surface area contributed by atoms with Crippen molar-refractivity contribution in [1.29, 1.82) is 0 Å². The van der Waals surface area contributed by atoms with Crippen LogP contribution >= 0.6 is 11.6 Å². The van der Waals surface area contributed by atoms with Gasteiger partial charge in [-0.25, -0.2) is 0 Å². The fourth-order valence-corrected chi connectivity index (χ4v) is 1.80. The maximum atomic E-state index is 6.07. The van der Waals surface area contributed by atoms with E-state index in [4.69, 9.17) is 21.1 Å². The molecule has 1 aromatic rings. The number of anilines is 1. The molecule has 0 heterocycles. The van der Waals surface area contributed by atoms with E-state index >= 15 is 0 Å². The summed E-state index contributed by atoms with van der Waals surface area (Å²) in [6.07, 6.45) is 0.682. The van der Waals surface area contributed by atoms with Crippen LogP contribution in [0.4, 0.5) is 5.69 Å². The standard InChI is InChI=1S/C14H22ClNO2/c1-4-17-14(18-5-2)8-9-16-12-7-6-11(3)13(15)10-12/h6-7,10,14,16H,4-5,8-9H2,1-3H3. The Morgan fingerprint density at radius 1 is 1.22 bits per heavy atom. The van der Waals surface area contributed by atoms with Crippen molar-refractivity contribution in [2.75, 3.05) is 25.1 Å². The third kappa shape index (κ3) is 5.25. The monoisotopic (exact) mass is 271 g/mol. The summed E-state index contributed by atoms with van der Waals surface area (Å²) >= 11 is 6.07. The van der Waals surface area contributed by atoms with Crippen LogP contribution in [0.1, 0.15) is 25.8 Å². The molecule has 0 aliphatic rings. The largest absolute Gasteiger partial charge is 0.385 e. The third-order valence-electron chi connectivity index (χ3n) is 2.59. The minimum absolute atomic E-state index is 0.131. The number of aryl methyl sites for hydroxylation is 1. The minimum Gasteiger partial charge on any atom is -0.385 e. The van der Waals surface area contributed by atoms with E-state index in [1.165, 1.54) is 0 Å². The fraction of sp³-hybridized carbons (Fsp3) is 0.571. The Morgan fingerprint density at radius 2 is 1.89 bits per heavy atom. The highest BCUT2D eigenvalue weighted by atomic mass is 35.5. The molecule has 0 fully saturated rings. The van der Waals surface area contributed by atoms with Gasteiger partial charge in [-0.15, -0.1) is 0 Å². The van der Waals surface area contributed by atoms with Gasteiger partial charge in [-0.1, -0.05) is 17.7 Å². The summed E-state index contributed by atoms with van der Waals surface area (Å²) in [7, 11) is 0. The summed E-state index contributed by atoms with van der Waals surface area (Å²) in [5.74, 6) is 0. The van der Waals surface area contributed by atoms with Gasteiger partial charge in [0.1, 0.15) is 0 Å². The average molecular weight is 272 g/mol. The van der Waals surface area contributed by atoms with E-state index in [2.05, 4.69) is 5.32 Å². The summed E-state index contributed by atoms with van der Waals surface area (Å²) in [5.41, 5.74) is 2.11. The fourth-order valence-electron chi connectivity index (χ4n) is 1.62. The zero-order chi connectivity index (χ0) is 13.4. The topological polar surface area (TPSA) is 30.5 Å². The van der Waals surface area contributed by atoms with Gasteiger partial charge in [-0.05, 0) is 38.5 Å². The van der Waals surface area contributed by atoms with Crippen LogP contribution in [-0.4, -0.2) is 26.0 Å². The maximum absolute atomic E-state index is 6.07. The summed E-state index contributed by atoms with van der Waals surface area (Å²) in [4.78, 5) is 0. The quantitative estimate of drug-likeness (QED) is 0.729. The predicted octanol–water partition coefficient (Wildman–Crippen LogP) is 3.85. The second-order valence-corrected chi connectivity index (χ2v) is 4.43. The van der Waals surface area contributed by atoms with Gasteiger partial charge in [0.15, 0.2) is 6.29 Å². The molecule has 0 atom stereocenters. The number of halogens is 1. The van der Waals surface area contributed by atoms with Gasteiger partial charge in [-0.2, -0.15) is 0 Å².